The Labute approximate surface area is 208 Å². The number of carbonyl (C=O) groups excluding carboxylic acids is 1. The minimum absolute atomic E-state index is 0.212. The van der Waals surface area contributed by atoms with Crippen molar-refractivity contribution in [2.45, 2.75) is 13.3 Å². The predicted molar refractivity (Wildman–Crippen MR) is 143 cm³/mol. The molecule has 0 saturated carbocycles. The van der Waals surface area contributed by atoms with Crippen molar-refractivity contribution in [2.24, 2.45) is 7.05 Å². The maximum absolute atomic E-state index is 13.0. The predicted octanol–water partition coefficient (Wildman–Crippen LogP) is 3.84. The van der Waals surface area contributed by atoms with Crippen molar-refractivity contribution in [3.05, 3.63) is 71.8 Å². The van der Waals surface area contributed by atoms with Gasteiger partial charge in [0.2, 0.25) is 11.9 Å². The summed E-state index contributed by atoms with van der Waals surface area (Å²) in [5, 5.41) is 6.03. The summed E-state index contributed by atoms with van der Waals surface area (Å²) in [7, 11) is 5.24. The molecule has 4 aromatic rings. The second-order valence-corrected chi connectivity index (χ2v) is 8.21. The number of benzene rings is 2. The van der Waals surface area contributed by atoms with Gasteiger partial charge in [0.05, 0.1) is 35.2 Å². The zero-order valence-corrected chi connectivity index (χ0v) is 20.8. The van der Waals surface area contributed by atoms with Crippen molar-refractivity contribution in [2.75, 3.05) is 36.2 Å². The lowest BCUT2D eigenvalue weighted by Gasteiger charge is -2.24. The van der Waals surface area contributed by atoms with E-state index in [1.54, 1.807) is 37.1 Å². The molecule has 4 rings (SSSR count). The molecule has 2 aromatic heterocycles. The third kappa shape index (κ3) is 4.65. The average molecular weight is 488 g/mol. The lowest BCUT2D eigenvalue weighted by Crippen LogP contribution is -2.22. The Bertz CT molecular complexity index is 1490. The van der Waals surface area contributed by atoms with Crippen LogP contribution in [0.2, 0.25) is 0 Å². The van der Waals surface area contributed by atoms with E-state index in [9.17, 15) is 9.59 Å². The molecule has 0 radical (unpaired) electrons. The van der Waals surface area contributed by atoms with Crippen LogP contribution >= 0.6 is 0 Å². The molecule has 0 atom stereocenters. The Kier molecular flexibility index (Phi) is 7.05. The van der Waals surface area contributed by atoms with Crippen molar-refractivity contribution < 1.29 is 9.53 Å². The summed E-state index contributed by atoms with van der Waals surface area (Å²) in [6.07, 6.45) is 3.73. The van der Waals surface area contributed by atoms with E-state index in [-0.39, 0.29) is 17.5 Å². The van der Waals surface area contributed by atoms with E-state index in [1.807, 2.05) is 42.3 Å². The van der Waals surface area contributed by atoms with E-state index in [2.05, 4.69) is 34.1 Å². The molecule has 0 aliphatic heterocycles. The highest BCUT2D eigenvalue weighted by Gasteiger charge is 2.17. The Morgan fingerprint density at radius 3 is 2.64 bits per heavy atom. The van der Waals surface area contributed by atoms with Crippen molar-refractivity contribution in [3.8, 4) is 11.6 Å². The second-order valence-electron chi connectivity index (χ2n) is 8.21. The molecule has 0 saturated heterocycles. The van der Waals surface area contributed by atoms with Crippen LogP contribution in [0.3, 0.4) is 0 Å². The normalized spacial score (nSPS) is 10.8. The maximum Gasteiger partial charge on any atom is 0.334 e. The smallest absolute Gasteiger partial charge is 0.334 e. The minimum atomic E-state index is -0.328. The summed E-state index contributed by atoms with van der Waals surface area (Å²) in [6.45, 7) is 6.41. The van der Waals surface area contributed by atoms with Gasteiger partial charge in [0, 0.05) is 39.0 Å². The van der Waals surface area contributed by atoms with Gasteiger partial charge in [0.15, 0.2) is 0 Å². The van der Waals surface area contributed by atoms with Gasteiger partial charge in [-0.05, 0) is 30.7 Å². The molecule has 0 aliphatic carbocycles. The quantitative estimate of drug-likeness (QED) is 0.346. The monoisotopic (exact) mass is 487 g/mol. The third-order valence-electron chi connectivity index (χ3n) is 5.81. The number of aromatic nitrogens is 4. The number of hydrogen-bond acceptors (Lipinski definition) is 7. The lowest BCUT2D eigenvalue weighted by atomic mass is 10.2. The van der Waals surface area contributed by atoms with E-state index in [1.165, 1.54) is 10.6 Å². The van der Waals surface area contributed by atoms with Gasteiger partial charge in [-0.1, -0.05) is 25.6 Å². The summed E-state index contributed by atoms with van der Waals surface area (Å²) >= 11 is 0. The number of para-hydroxylation sites is 2. The van der Waals surface area contributed by atoms with E-state index in [0.29, 0.717) is 22.9 Å². The van der Waals surface area contributed by atoms with E-state index >= 15 is 0 Å². The summed E-state index contributed by atoms with van der Waals surface area (Å²) in [6, 6.07) is 12.8. The Balaban J connectivity index is 1.77. The minimum Gasteiger partial charge on any atom is -0.494 e. The van der Waals surface area contributed by atoms with Crippen molar-refractivity contribution in [3.63, 3.8) is 0 Å². The SMILES string of the molecule is C=CC(=O)Nc1cc(Nc2nccc(-n3c(=O)n(C)c4ccccc43)n2)c(OC)cc1N(C)CCC. The highest BCUT2D eigenvalue weighted by molar-refractivity contribution is 6.02. The van der Waals surface area contributed by atoms with Gasteiger partial charge in [0.25, 0.3) is 0 Å². The highest BCUT2D eigenvalue weighted by atomic mass is 16.5. The van der Waals surface area contributed by atoms with Crippen LogP contribution in [-0.2, 0) is 11.8 Å². The Hall–Kier alpha value is -4.60. The number of imidazole rings is 1. The number of carbonyl (C=O) groups is 1. The zero-order chi connectivity index (χ0) is 25.8. The van der Waals surface area contributed by atoms with Crippen LogP contribution in [0.1, 0.15) is 13.3 Å². The van der Waals surface area contributed by atoms with Gasteiger partial charge in [-0.2, -0.15) is 4.98 Å². The van der Waals surface area contributed by atoms with E-state index in [4.69, 9.17) is 4.74 Å². The topological polar surface area (TPSA) is 106 Å². The molecule has 0 unspecified atom stereocenters. The maximum atomic E-state index is 13.0. The summed E-state index contributed by atoms with van der Waals surface area (Å²) < 4.78 is 8.75. The van der Waals surface area contributed by atoms with Crippen LogP contribution in [0.5, 0.6) is 5.75 Å². The molecule has 0 bridgehead atoms. The van der Waals surface area contributed by atoms with Crippen LogP contribution in [0.15, 0.2) is 66.1 Å². The Morgan fingerprint density at radius 2 is 1.94 bits per heavy atom. The van der Waals surface area contributed by atoms with Crippen molar-refractivity contribution in [1.29, 1.82) is 0 Å². The number of rotatable bonds is 9. The van der Waals surface area contributed by atoms with E-state index < -0.39 is 0 Å². The fourth-order valence-corrected chi connectivity index (χ4v) is 4.06. The number of nitrogens with one attached hydrogen (secondary N) is 2. The molecule has 10 nitrogen and oxygen atoms in total. The lowest BCUT2D eigenvalue weighted by molar-refractivity contribution is -0.111. The molecule has 1 amide bonds. The van der Waals surface area contributed by atoms with Crippen LogP contribution in [0, 0.1) is 0 Å². The molecule has 186 valence electrons. The van der Waals surface area contributed by atoms with Gasteiger partial charge >= 0.3 is 5.69 Å². The van der Waals surface area contributed by atoms with Crippen LogP contribution in [0.25, 0.3) is 16.9 Å². The van der Waals surface area contributed by atoms with Crippen molar-refractivity contribution >= 4 is 40.0 Å². The van der Waals surface area contributed by atoms with Gasteiger partial charge in [0.1, 0.15) is 11.6 Å². The highest BCUT2D eigenvalue weighted by Crippen LogP contribution is 2.38. The zero-order valence-electron chi connectivity index (χ0n) is 20.8. The molecular weight excluding hydrogens is 458 g/mol. The second kappa shape index (κ2) is 10.3. The number of anilines is 4. The number of hydrogen-bond donors (Lipinski definition) is 2. The first-order valence-electron chi connectivity index (χ1n) is 11.5. The molecule has 0 aliphatic rings. The summed E-state index contributed by atoms with van der Waals surface area (Å²) in [5.74, 6) is 0.903. The number of aryl methyl sites for hydroxylation is 1. The van der Waals surface area contributed by atoms with Crippen molar-refractivity contribution in [1.82, 2.24) is 19.1 Å². The number of amides is 1. The van der Waals surface area contributed by atoms with Crippen LogP contribution < -0.4 is 26.0 Å². The van der Waals surface area contributed by atoms with Crippen LogP contribution in [-0.4, -0.2) is 45.7 Å². The number of methoxy groups -OCH3 is 1. The van der Waals surface area contributed by atoms with Crippen LogP contribution in [0.4, 0.5) is 23.0 Å². The molecule has 2 N–H and O–H groups in total. The first kappa shape index (κ1) is 24.5. The number of nitrogens with zero attached hydrogens (tertiary/aromatic N) is 5. The number of fused-ring (bicyclic) bond motifs is 1. The standard InChI is InChI=1S/C26H29N7O3/c1-6-14-31(3)21-16-22(36-5)18(15-17(21)28-24(34)7-2)29-25-27-13-12-23(30-25)33-20-11-9-8-10-19(20)32(4)26(33)35/h7-13,15-16H,2,6,14H2,1,3-5H3,(H,28,34)(H,27,29,30). The molecular formula is C26H29N7O3. The third-order valence-corrected chi connectivity index (χ3v) is 5.81. The summed E-state index contributed by atoms with van der Waals surface area (Å²) in [4.78, 5) is 36.0. The molecule has 2 heterocycles. The molecule has 0 spiro atoms. The Morgan fingerprint density at radius 1 is 1.19 bits per heavy atom. The van der Waals surface area contributed by atoms with Gasteiger partial charge in [-0.25, -0.2) is 14.3 Å². The van der Waals surface area contributed by atoms with Gasteiger partial charge in [-0.15, -0.1) is 0 Å². The number of ether oxygens (including phenoxy) is 1. The van der Waals surface area contributed by atoms with Gasteiger partial charge in [-0.3, -0.25) is 9.36 Å². The fourth-order valence-electron chi connectivity index (χ4n) is 4.06. The molecule has 36 heavy (non-hydrogen) atoms. The molecule has 10 heteroatoms. The first-order valence-corrected chi connectivity index (χ1v) is 11.5. The fraction of sp³-hybridized carbons (Fsp3) is 0.231. The molecule has 2 aromatic carbocycles. The largest absolute Gasteiger partial charge is 0.494 e. The average Bonchev–Trinajstić information content (AvgIpc) is 3.14. The first-order chi connectivity index (χ1) is 17.4. The van der Waals surface area contributed by atoms with E-state index in [0.717, 1.165) is 29.7 Å². The summed E-state index contributed by atoms with van der Waals surface area (Å²) in [5.41, 5.74) is 3.26. The van der Waals surface area contributed by atoms with Gasteiger partial charge < -0.3 is 20.3 Å². The molecule has 0 fully saturated rings.